The van der Waals surface area contributed by atoms with Gasteiger partial charge in [0.05, 0.1) is 29.3 Å². The number of rotatable bonds is 4. The van der Waals surface area contributed by atoms with E-state index in [1.165, 1.54) is 12.0 Å². The summed E-state index contributed by atoms with van der Waals surface area (Å²) < 4.78 is 4.63. The van der Waals surface area contributed by atoms with Crippen LogP contribution in [0.25, 0.3) is 0 Å². The van der Waals surface area contributed by atoms with Crippen LogP contribution in [0, 0.1) is 5.92 Å². The first-order chi connectivity index (χ1) is 12.5. The first kappa shape index (κ1) is 17.9. The molecule has 1 aliphatic heterocycles. The molecule has 0 aromatic heterocycles. The number of hydrogen-bond acceptors (Lipinski definition) is 4. The SMILES string of the molecule is COC(=O)c1ccc(NC(=O)[C@H]2CC(=O)N(c3ccccc3Cl)C2)cc1. The predicted molar refractivity (Wildman–Crippen MR) is 98.3 cm³/mol. The molecule has 1 heterocycles. The molecule has 2 aromatic carbocycles. The molecule has 6 nitrogen and oxygen atoms in total. The zero-order valence-corrected chi connectivity index (χ0v) is 14.8. The van der Waals surface area contributed by atoms with Crippen LogP contribution in [-0.4, -0.2) is 31.4 Å². The predicted octanol–water partition coefficient (Wildman–Crippen LogP) is 3.12. The van der Waals surface area contributed by atoms with Gasteiger partial charge in [0, 0.05) is 18.7 Å². The van der Waals surface area contributed by atoms with E-state index in [4.69, 9.17) is 11.6 Å². The molecular formula is C19H17ClN2O4. The van der Waals surface area contributed by atoms with E-state index in [0.29, 0.717) is 22.0 Å². The third kappa shape index (κ3) is 3.70. The summed E-state index contributed by atoms with van der Waals surface area (Å²) in [5.74, 6) is -1.31. The van der Waals surface area contributed by atoms with Gasteiger partial charge < -0.3 is 15.0 Å². The van der Waals surface area contributed by atoms with E-state index in [1.807, 2.05) is 0 Å². The molecule has 2 aromatic rings. The Hall–Kier alpha value is -2.86. The van der Waals surface area contributed by atoms with E-state index in [9.17, 15) is 14.4 Å². The first-order valence-corrected chi connectivity index (χ1v) is 8.41. The highest BCUT2D eigenvalue weighted by Gasteiger charge is 2.35. The van der Waals surface area contributed by atoms with Crippen molar-refractivity contribution in [2.45, 2.75) is 6.42 Å². The maximum absolute atomic E-state index is 12.5. The molecule has 3 rings (SSSR count). The quantitative estimate of drug-likeness (QED) is 0.837. The molecule has 26 heavy (non-hydrogen) atoms. The molecule has 7 heteroatoms. The van der Waals surface area contributed by atoms with Crippen LogP contribution < -0.4 is 10.2 Å². The molecule has 1 N–H and O–H groups in total. The van der Waals surface area contributed by atoms with E-state index >= 15 is 0 Å². The number of anilines is 2. The van der Waals surface area contributed by atoms with Crippen molar-refractivity contribution in [3.63, 3.8) is 0 Å². The zero-order chi connectivity index (χ0) is 18.7. The van der Waals surface area contributed by atoms with Crippen LogP contribution in [0.2, 0.25) is 5.02 Å². The lowest BCUT2D eigenvalue weighted by atomic mass is 10.1. The van der Waals surface area contributed by atoms with Crippen LogP contribution in [0.1, 0.15) is 16.8 Å². The lowest BCUT2D eigenvalue weighted by Crippen LogP contribution is -2.28. The number of carbonyl (C=O) groups excluding carboxylic acids is 3. The second-order valence-corrected chi connectivity index (χ2v) is 6.32. The normalized spacial score (nSPS) is 16.5. The van der Waals surface area contributed by atoms with Crippen molar-refractivity contribution in [1.82, 2.24) is 0 Å². The van der Waals surface area contributed by atoms with Crippen LogP contribution >= 0.6 is 11.6 Å². The van der Waals surface area contributed by atoms with Crippen LogP contribution in [-0.2, 0) is 14.3 Å². The Bertz CT molecular complexity index is 851. The van der Waals surface area contributed by atoms with Crippen molar-refractivity contribution in [3.05, 3.63) is 59.1 Å². The molecule has 134 valence electrons. The fraction of sp³-hybridized carbons (Fsp3) is 0.211. The Morgan fingerprint density at radius 3 is 2.50 bits per heavy atom. The second-order valence-electron chi connectivity index (χ2n) is 5.91. The van der Waals surface area contributed by atoms with Gasteiger partial charge >= 0.3 is 5.97 Å². The van der Waals surface area contributed by atoms with E-state index < -0.39 is 11.9 Å². The number of ether oxygens (including phenoxy) is 1. The number of nitrogens with one attached hydrogen (secondary N) is 1. The fourth-order valence-electron chi connectivity index (χ4n) is 2.84. The average molecular weight is 373 g/mol. The van der Waals surface area contributed by atoms with Gasteiger partial charge in [-0.2, -0.15) is 0 Å². The lowest BCUT2D eigenvalue weighted by Gasteiger charge is -2.18. The smallest absolute Gasteiger partial charge is 0.337 e. The number of benzene rings is 2. The summed E-state index contributed by atoms with van der Waals surface area (Å²) in [6.07, 6.45) is 0.122. The summed E-state index contributed by atoms with van der Waals surface area (Å²) >= 11 is 6.15. The third-order valence-electron chi connectivity index (χ3n) is 4.21. The van der Waals surface area contributed by atoms with Gasteiger partial charge in [-0.3, -0.25) is 9.59 Å². The van der Waals surface area contributed by atoms with Gasteiger partial charge in [-0.1, -0.05) is 23.7 Å². The van der Waals surface area contributed by atoms with Gasteiger partial charge in [0.25, 0.3) is 0 Å². The molecule has 0 aliphatic carbocycles. The Morgan fingerprint density at radius 1 is 1.15 bits per heavy atom. The molecule has 2 amide bonds. The highest BCUT2D eigenvalue weighted by Crippen LogP contribution is 2.31. The number of halogens is 1. The molecule has 1 fully saturated rings. The van der Waals surface area contributed by atoms with Crippen LogP contribution in [0.15, 0.2) is 48.5 Å². The van der Waals surface area contributed by atoms with Crippen molar-refractivity contribution in [3.8, 4) is 0 Å². The highest BCUT2D eigenvalue weighted by atomic mass is 35.5. The minimum absolute atomic E-state index is 0.122. The first-order valence-electron chi connectivity index (χ1n) is 8.03. The van der Waals surface area contributed by atoms with Crippen LogP contribution in [0.5, 0.6) is 0 Å². The molecule has 0 radical (unpaired) electrons. The van der Waals surface area contributed by atoms with Gasteiger partial charge in [0.2, 0.25) is 11.8 Å². The van der Waals surface area contributed by atoms with Crippen molar-refractivity contribution >= 4 is 40.8 Å². The van der Waals surface area contributed by atoms with E-state index in [-0.39, 0.29) is 24.8 Å². The lowest BCUT2D eigenvalue weighted by molar-refractivity contribution is -0.122. The summed E-state index contributed by atoms with van der Waals surface area (Å²) in [7, 11) is 1.31. The largest absolute Gasteiger partial charge is 0.465 e. The number of carbonyl (C=O) groups is 3. The summed E-state index contributed by atoms with van der Waals surface area (Å²) in [4.78, 5) is 37.7. The van der Waals surface area contributed by atoms with Gasteiger partial charge in [-0.25, -0.2) is 4.79 Å². The van der Waals surface area contributed by atoms with Gasteiger partial charge in [-0.15, -0.1) is 0 Å². The average Bonchev–Trinajstić information content (AvgIpc) is 3.04. The molecule has 0 saturated carbocycles. The summed E-state index contributed by atoms with van der Waals surface area (Å²) in [5, 5.41) is 3.24. The van der Waals surface area contributed by atoms with Crippen LogP contribution in [0.3, 0.4) is 0 Å². The maximum atomic E-state index is 12.5. The van der Waals surface area contributed by atoms with Crippen molar-refractivity contribution in [2.75, 3.05) is 23.9 Å². The standard InChI is InChI=1S/C19H17ClN2O4/c1-26-19(25)12-6-8-14(9-7-12)21-18(24)13-10-17(23)22(11-13)16-5-3-2-4-15(16)20/h2-9,13H,10-11H2,1H3,(H,21,24)/t13-/m0/s1. The minimum atomic E-state index is -0.473. The molecular weight excluding hydrogens is 356 g/mol. The van der Waals surface area contributed by atoms with Crippen molar-refractivity contribution in [1.29, 1.82) is 0 Å². The topological polar surface area (TPSA) is 75.7 Å². The van der Waals surface area contributed by atoms with Gasteiger partial charge in [0.1, 0.15) is 0 Å². The summed E-state index contributed by atoms with van der Waals surface area (Å²) in [6.45, 7) is 0.272. The van der Waals surface area contributed by atoms with Gasteiger partial charge in [0.15, 0.2) is 0 Å². The fourth-order valence-corrected chi connectivity index (χ4v) is 3.08. The number of methoxy groups -OCH3 is 1. The monoisotopic (exact) mass is 372 g/mol. The van der Waals surface area contributed by atoms with E-state index in [2.05, 4.69) is 10.1 Å². The number of amides is 2. The number of hydrogen-bond donors (Lipinski definition) is 1. The Balaban J connectivity index is 1.67. The summed E-state index contributed by atoms with van der Waals surface area (Å²) in [6, 6.07) is 13.4. The van der Waals surface area contributed by atoms with E-state index in [0.717, 1.165) is 0 Å². The molecule has 1 aliphatic rings. The molecule has 1 saturated heterocycles. The Kier molecular flexibility index (Phi) is 5.23. The molecule has 0 unspecified atom stereocenters. The van der Waals surface area contributed by atoms with Crippen molar-refractivity contribution < 1.29 is 19.1 Å². The summed E-state index contributed by atoms with van der Waals surface area (Å²) in [5.41, 5.74) is 1.55. The Labute approximate surface area is 155 Å². The number of para-hydroxylation sites is 1. The number of nitrogens with zero attached hydrogens (tertiary/aromatic N) is 1. The van der Waals surface area contributed by atoms with Gasteiger partial charge in [-0.05, 0) is 36.4 Å². The Morgan fingerprint density at radius 2 is 1.85 bits per heavy atom. The third-order valence-corrected chi connectivity index (χ3v) is 4.53. The maximum Gasteiger partial charge on any atom is 0.337 e. The molecule has 0 bridgehead atoms. The molecule has 0 spiro atoms. The number of esters is 1. The molecule has 1 atom stereocenters. The van der Waals surface area contributed by atoms with Crippen molar-refractivity contribution in [2.24, 2.45) is 5.92 Å². The zero-order valence-electron chi connectivity index (χ0n) is 14.1. The van der Waals surface area contributed by atoms with Crippen LogP contribution in [0.4, 0.5) is 11.4 Å². The highest BCUT2D eigenvalue weighted by molar-refractivity contribution is 6.33. The minimum Gasteiger partial charge on any atom is -0.465 e. The second kappa shape index (κ2) is 7.58. The van der Waals surface area contributed by atoms with E-state index in [1.54, 1.807) is 48.5 Å².